The second-order valence-electron chi connectivity index (χ2n) is 5.23. The number of nitriles is 1. The van der Waals surface area contributed by atoms with Crippen molar-refractivity contribution in [2.75, 3.05) is 47.3 Å². The van der Waals surface area contributed by atoms with Gasteiger partial charge in [0.15, 0.2) is 0 Å². The average molecular weight is 240 g/mol. The smallest absolute Gasteiger partial charge is 0.105 e. The number of nitrogens with zero attached hydrogens (tertiary/aromatic N) is 3. The molecule has 0 aliphatic rings. The molecule has 4 heteroatoms. The predicted octanol–water partition coefficient (Wildman–Crippen LogP) is 1.15. The second-order valence-corrected chi connectivity index (χ2v) is 5.23. The highest BCUT2D eigenvalue weighted by molar-refractivity contribution is 5.03. The van der Waals surface area contributed by atoms with E-state index in [1.165, 1.54) is 0 Å². The van der Waals surface area contributed by atoms with Gasteiger partial charge in [0.1, 0.15) is 5.54 Å². The van der Waals surface area contributed by atoms with Gasteiger partial charge < -0.3 is 9.80 Å². The zero-order chi connectivity index (χ0) is 13.3. The van der Waals surface area contributed by atoms with Gasteiger partial charge in [-0.1, -0.05) is 6.92 Å². The van der Waals surface area contributed by atoms with E-state index in [-0.39, 0.29) is 5.54 Å². The maximum atomic E-state index is 9.20. The van der Waals surface area contributed by atoms with Crippen LogP contribution in [0.1, 0.15) is 26.7 Å². The summed E-state index contributed by atoms with van der Waals surface area (Å²) in [7, 11) is 6.27. The molecule has 0 aromatic carbocycles. The Hall–Kier alpha value is -0.630. The van der Waals surface area contributed by atoms with Crippen LogP contribution in [-0.4, -0.2) is 62.7 Å². The first-order valence-corrected chi connectivity index (χ1v) is 6.43. The molecule has 0 saturated carbocycles. The highest BCUT2D eigenvalue weighted by atomic mass is 15.1. The quantitative estimate of drug-likeness (QED) is 0.656. The van der Waals surface area contributed by atoms with E-state index in [0.29, 0.717) is 0 Å². The monoisotopic (exact) mass is 240 g/mol. The molecule has 17 heavy (non-hydrogen) atoms. The third-order valence-corrected chi connectivity index (χ3v) is 2.93. The van der Waals surface area contributed by atoms with Crippen molar-refractivity contribution in [2.24, 2.45) is 0 Å². The van der Waals surface area contributed by atoms with Crippen LogP contribution >= 0.6 is 0 Å². The van der Waals surface area contributed by atoms with Gasteiger partial charge in [-0.15, -0.1) is 0 Å². The molecule has 0 fully saturated rings. The summed E-state index contributed by atoms with van der Waals surface area (Å²) in [4.78, 5) is 4.46. The van der Waals surface area contributed by atoms with Gasteiger partial charge in [-0.2, -0.15) is 5.26 Å². The Balaban J connectivity index is 3.93. The summed E-state index contributed by atoms with van der Waals surface area (Å²) in [6.45, 7) is 8.07. The molecule has 0 aliphatic carbocycles. The molecule has 1 atom stereocenters. The number of hydrogen-bond acceptors (Lipinski definition) is 4. The van der Waals surface area contributed by atoms with Crippen molar-refractivity contribution in [2.45, 2.75) is 32.2 Å². The number of hydrogen-bond donors (Lipinski definition) is 1. The Morgan fingerprint density at radius 3 is 2.29 bits per heavy atom. The van der Waals surface area contributed by atoms with Crippen LogP contribution in [0.3, 0.4) is 0 Å². The van der Waals surface area contributed by atoms with Crippen molar-refractivity contribution in [1.29, 1.82) is 5.26 Å². The van der Waals surface area contributed by atoms with Gasteiger partial charge >= 0.3 is 0 Å². The SMILES string of the molecule is CCCNC(C)(C#N)CCN(C)CCN(C)C. The Bertz CT molecular complexity index is 234. The Morgan fingerprint density at radius 1 is 1.18 bits per heavy atom. The fourth-order valence-corrected chi connectivity index (χ4v) is 1.48. The van der Waals surface area contributed by atoms with Crippen LogP contribution in [-0.2, 0) is 0 Å². The van der Waals surface area contributed by atoms with E-state index in [1.807, 2.05) is 6.92 Å². The van der Waals surface area contributed by atoms with E-state index in [2.05, 4.69) is 49.3 Å². The lowest BCUT2D eigenvalue weighted by Crippen LogP contribution is -2.44. The highest BCUT2D eigenvalue weighted by Crippen LogP contribution is 2.08. The first-order valence-electron chi connectivity index (χ1n) is 6.43. The fraction of sp³-hybridized carbons (Fsp3) is 0.923. The third-order valence-electron chi connectivity index (χ3n) is 2.93. The van der Waals surface area contributed by atoms with Crippen LogP contribution < -0.4 is 5.32 Å². The van der Waals surface area contributed by atoms with Gasteiger partial charge in [0, 0.05) is 19.6 Å². The molecule has 0 rings (SSSR count). The van der Waals surface area contributed by atoms with Crippen molar-refractivity contribution < 1.29 is 0 Å². The lowest BCUT2D eigenvalue weighted by atomic mass is 9.99. The van der Waals surface area contributed by atoms with Crippen molar-refractivity contribution in [1.82, 2.24) is 15.1 Å². The molecule has 0 heterocycles. The Morgan fingerprint density at radius 2 is 1.82 bits per heavy atom. The van der Waals surface area contributed by atoms with E-state index in [1.54, 1.807) is 0 Å². The maximum absolute atomic E-state index is 9.20. The van der Waals surface area contributed by atoms with E-state index >= 15 is 0 Å². The van der Waals surface area contributed by atoms with Crippen LogP contribution in [0.5, 0.6) is 0 Å². The van der Waals surface area contributed by atoms with Gasteiger partial charge in [-0.05, 0) is 47.5 Å². The van der Waals surface area contributed by atoms with Gasteiger partial charge in [0.2, 0.25) is 0 Å². The molecule has 0 aromatic heterocycles. The first kappa shape index (κ1) is 16.4. The van der Waals surface area contributed by atoms with Crippen LogP contribution in [0.15, 0.2) is 0 Å². The molecular formula is C13H28N4. The predicted molar refractivity (Wildman–Crippen MR) is 73.0 cm³/mol. The highest BCUT2D eigenvalue weighted by Gasteiger charge is 2.22. The summed E-state index contributed by atoms with van der Waals surface area (Å²) >= 11 is 0. The van der Waals surface area contributed by atoms with Gasteiger partial charge in [-0.25, -0.2) is 0 Å². The Kier molecular flexibility index (Phi) is 8.15. The molecule has 100 valence electrons. The molecule has 0 radical (unpaired) electrons. The topological polar surface area (TPSA) is 42.3 Å². The van der Waals surface area contributed by atoms with Crippen LogP contribution in [0.4, 0.5) is 0 Å². The summed E-state index contributed by atoms with van der Waals surface area (Å²) < 4.78 is 0. The molecule has 0 bridgehead atoms. The van der Waals surface area contributed by atoms with E-state index in [0.717, 1.165) is 39.0 Å². The molecule has 0 aromatic rings. The maximum Gasteiger partial charge on any atom is 0.105 e. The van der Waals surface area contributed by atoms with Crippen LogP contribution in [0, 0.1) is 11.3 Å². The van der Waals surface area contributed by atoms with Crippen molar-refractivity contribution in [3.8, 4) is 6.07 Å². The number of rotatable bonds is 9. The van der Waals surface area contributed by atoms with Crippen molar-refractivity contribution >= 4 is 0 Å². The van der Waals surface area contributed by atoms with Crippen molar-refractivity contribution in [3.05, 3.63) is 0 Å². The summed E-state index contributed by atoms with van der Waals surface area (Å²) in [6, 6.07) is 2.39. The zero-order valence-corrected chi connectivity index (χ0v) is 12.1. The summed E-state index contributed by atoms with van der Waals surface area (Å²) in [5, 5.41) is 12.5. The van der Waals surface area contributed by atoms with Crippen LogP contribution in [0.2, 0.25) is 0 Å². The second kappa shape index (κ2) is 8.46. The normalized spacial score (nSPS) is 14.9. The lowest BCUT2D eigenvalue weighted by molar-refractivity contribution is 0.257. The summed E-state index contributed by atoms with van der Waals surface area (Å²) in [5.41, 5.74) is -0.387. The number of nitrogens with one attached hydrogen (secondary N) is 1. The average Bonchev–Trinajstić information content (AvgIpc) is 2.31. The third kappa shape index (κ3) is 8.14. The minimum absolute atomic E-state index is 0.387. The molecule has 0 spiro atoms. The molecule has 1 N–H and O–H groups in total. The van der Waals surface area contributed by atoms with Gasteiger partial charge in [0.05, 0.1) is 6.07 Å². The standard InChI is InChI=1S/C13H28N4/c1-6-8-15-13(2,12-14)7-9-17(5)11-10-16(3)4/h15H,6-11H2,1-5H3. The fourth-order valence-electron chi connectivity index (χ4n) is 1.48. The van der Waals surface area contributed by atoms with E-state index in [9.17, 15) is 5.26 Å². The van der Waals surface area contributed by atoms with E-state index in [4.69, 9.17) is 0 Å². The molecule has 4 nitrogen and oxygen atoms in total. The van der Waals surface area contributed by atoms with Gasteiger partial charge in [0.25, 0.3) is 0 Å². The van der Waals surface area contributed by atoms with Crippen LogP contribution in [0.25, 0.3) is 0 Å². The molecule has 0 amide bonds. The summed E-state index contributed by atoms with van der Waals surface area (Å²) in [5.74, 6) is 0. The Labute approximate surface area is 107 Å². The zero-order valence-electron chi connectivity index (χ0n) is 12.1. The van der Waals surface area contributed by atoms with Crippen molar-refractivity contribution in [3.63, 3.8) is 0 Å². The minimum atomic E-state index is -0.387. The molecule has 0 saturated heterocycles. The first-order chi connectivity index (χ1) is 7.93. The van der Waals surface area contributed by atoms with E-state index < -0.39 is 0 Å². The largest absolute Gasteiger partial charge is 0.308 e. The molecule has 1 unspecified atom stereocenters. The summed E-state index contributed by atoms with van der Waals surface area (Å²) in [6.07, 6.45) is 1.93. The minimum Gasteiger partial charge on any atom is -0.308 e. The lowest BCUT2D eigenvalue weighted by Gasteiger charge is -2.26. The molecular weight excluding hydrogens is 212 g/mol. The number of likely N-dealkylation sites (N-methyl/N-ethyl adjacent to an activating group) is 2. The van der Waals surface area contributed by atoms with Gasteiger partial charge in [-0.3, -0.25) is 5.32 Å². The molecule has 0 aliphatic heterocycles.